The third-order valence-corrected chi connectivity index (χ3v) is 4.75. The van der Waals surface area contributed by atoms with Crippen LogP contribution in [-0.4, -0.2) is 20.6 Å². The Kier molecular flexibility index (Phi) is 6.26. The number of carbonyl (C=O) groups excluding carboxylic acids is 1. The Bertz CT molecular complexity index is 1100. The monoisotopic (exact) mass is 454 g/mol. The number of nitrogens with zero attached hydrogens (tertiary/aromatic N) is 3. The van der Waals surface area contributed by atoms with Crippen LogP contribution >= 0.6 is 34.8 Å². The summed E-state index contributed by atoms with van der Waals surface area (Å²) in [5.41, 5.74) is 0.545. The summed E-state index contributed by atoms with van der Waals surface area (Å²) in [7, 11) is 0. The van der Waals surface area contributed by atoms with Gasteiger partial charge in [-0.1, -0.05) is 34.8 Å². The summed E-state index contributed by atoms with van der Waals surface area (Å²) in [4.78, 5) is 23.0. The van der Waals surface area contributed by atoms with E-state index in [9.17, 15) is 14.9 Å². The van der Waals surface area contributed by atoms with E-state index in [1.54, 1.807) is 13.0 Å². The lowest BCUT2D eigenvalue weighted by molar-refractivity contribution is -0.384. The molecule has 1 amide bonds. The van der Waals surface area contributed by atoms with Crippen LogP contribution in [0.1, 0.15) is 5.69 Å². The van der Waals surface area contributed by atoms with Crippen LogP contribution in [0.15, 0.2) is 42.6 Å². The van der Waals surface area contributed by atoms with Crippen molar-refractivity contribution in [3.63, 3.8) is 0 Å². The first kappa shape index (κ1) is 20.9. The number of hydrogen-bond acceptors (Lipinski definition) is 5. The highest BCUT2D eigenvalue weighted by Gasteiger charge is 2.15. The second-order valence-corrected chi connectivity index (χ2v) is 7.18. The number of carbonyl (C=O) groups is 1. The molecule has 11 heteroatoms. The van der Waals surface area contributed by atoms with Gasteiger partial charge in [0.2, 0.25) is 5.91 Å². The van der Waals surface area contributed by atoms with E-state index in [-0.39, 0.29) is 34.4 Å². The first-order chi connectivity index (χ1) is 13.7. The summed E-state index contributed by atoms with van der Waals surface area (Å²) in [6.45, 7) is 1.61. The SMILES string of the molecule is Cc1c(Cl)cnn1CC(=O)Nc1cc(Oc2ccc(Cl)cc2Cl)cc([N+](=O)[O-])c1. The minimum absolute atomic E-state index is 0.111. The zero-order valence-corrected chi connectivity index (χ0v) is 17.1. The number of nitro benzene ring substituents is 1. The largest absolute Gasteiger partial charge is 0.455 e. The lowest BCUT2D eigenvalue weighted by Gasteiger charge is -2.11. The molecule has 0 saturated heterocycles. The Hall–Kier alpha value is -2.81. The molecule has 0 bridgehead atoms. The van der Waals surface area contributed by atoms with Gasteiger partial charge in [-0.2, -0.15) is 5.10 Å². The molecule has 0 aliphatic rings. The molecule has 0 saturated carbocycles. The van der Waals surface area contributed by atoms with Gasteiger partial charge >= 0.3 is 0 Å². The molecular formula is C18H13Cl3N4O4. The Morgan fingerprint density at radius 3 is 2.59 bits per heavy atom. The van der Waals surface area contributed by atoms with Gasteiger partial charge in [-0.25, -0.2) is 0 Å². The Labute approximate surface area is 180 Å². The molecule has 2 aromatic carbocycles. The van der Waals surface area contributed by atoms with Gasteiger partial charge in [0, 0.05) is 17.2 Å². The Morgan fingerprint density at radius 2 is 1.97 bits per heavy atom. The summed E-state index contributed by atoms with van der Waals surface area (Å²) < 4.78 is 7.05. The van der Waals surface area contributed by atoms with E-state index in [4.69, 9.17) is 39.5 Å². The van der Waals surface area contributed by atoms with Crippen molar-refractivity contribution in [2.45, 2.75) is 13.5 Å². The minimum Gasteiger partial charge on any atom is -0.455 e. The van der Waals surface area contributed by atoms with Gasteiger partial charge in [0.25, 0.3) is 5.69 Å². The van der Waals surface area contributed by atoms with E-state index in [1.165, 1.54) is 41.2 Å². The number of amides is 1. The number of hydrogen-bond donors (Lipinski definition) is 1. The standard InChI is InChI=1S/C18H13Cl3N4O4/c1-10-16(21)8-22-24(10)9-18(26)23-12-5-13(25(27)28)7-14(6-12)29-17-3-2-11(19)4-15(17)20/h2-8H,9H2,1H3,(H,23,26). The smallest absolute Gasteiger partial charge is 0.275 e. The number of non-ortho nitro benzene ring substituents is 1. The maximum absolute atomic E-state index is 12.3. The molecule has 1 heterocycles. The molecule has 29 heavy (non-hydrogen) atoms. The van der Waals surface area contributed by atoms with Gasteiger partial charge in [-0.05, 0) is 25.1 Å². The van der Waals surface area contributed by atoms with Gasteiger partial charge in [0.15, 0.2) is 0 Å². The van der Waals surface area contributed by atoms with E-state index in [2.05, 4.69) is 10.4 Å². The summed E-state index contributed by atoms with van der Waals surface area (Å²) >= 11 is 17.9. The van der Waals surface area contributed by atoms with E-state index >= 15 is 0 Å². The third-order valence-electron chi connectivity index (χ3n) is 3.84. The zero-order valence-electron chi connectivity index (χ0n) is 14.9. The van der Waals surface area contributed by atoms with Gasteiger partial charge in [0.1, 0.15) is 18.0 Å². The van der Waals surface area contributed by atoms with Crippen LogP contribution in [0.3, 0.4) is 0 Å². The molecule has 0 aliphatic heterocycles. The van der Waals surface area contributed by atoms with Crippen LogP contribution < -0.4 is 10.1 Å². The predicted octanol–water partition coefficient (Wildman–Crippen LogP) is 5.49. The van der Waals surface area contributed by atoms with Crippen molar-refractivity contribution in [3.8, 4) is 11.5 Å². The van der Waals surface area contributed by atoms with Crippen LogP contribution in [0, 0.1) is 17.0 Å². The second kappa shape index (κ2) is 8.69. The van der Waals surface area contributed by atoms with Crippen molar-refractivity contribution in [2.24, 2.45) is 0 Å². The highest BCUT2D eigenvalue weighted by atomic mass is 35.5. The molecule has 1 N–H and O–H groups in total. The van der Waals surface area contributed by atoms with Gasteiger partial charge in [-0.3, -0.25) is 19.6 Å². The molecule has 150 valence electrons. The number of benzene rings is 2. The maximum atomic E-state index is 12.3. The molecule has 3 rings (SSSR count). The van der Waals surface area contributed by atoms with E-state index in [0.29, 0.717) is 15.7 Å². The number of anilines is 1. The van der Waals surface area contributed by atoms with Crippen LogP contribution in [0.25, 0.3) is 0 Å². The average Bonchev–Trinajstić information content (AvgIpc) is 2.96. The zero-order chi connectivity index (χ0) is 21.1. The number of halogens is 3. The molecule has 0 fully saturated rings. The number of nitrogens with one attached hydrogen (secondary N) is 1. The van der Waals surface area contributed by atoms with Crippen LogP contribution in [0.4, 0.5) is 11.4 Å². The molecule has 8 nitrogen and oxygen atoms in total. The fourth-order valence-electron chi connectivity index (χ4n) is 2.42. The molecule has 0 unspecified atom stereocenters. The average molecular weight is 456 g/mol. The van der Waals surface area contributed by atoms with E-state index in [0.717, 1.165) is 0 Å². The normalized spacial score (nSPS) is 10.6. The first-order valence-corrected chi connectivity index (χ1v) is 9.26. The minimum atomic E-state index is -0.594. The summed E-state index contributed by atoms with van der Waals surface area (Å²) in [6.07, 6.45) is 1.43. The quantitative estimate of drug-likeness (QED) is 0.391. The fraction of sp³-hybridized carbons (Fsp3) is 0.111. The number of rotatable bonds is 6. The molecule has 3 aromatic rings. The van der Waals surface area contributed by atoms with Crippen molar-refractivity contribution < 1.29 is 14.5 Å². The lowest BCUT2D eigenvalue weighted by atomic mass is 10.2. The molecule has 0 aliphatic carbocycles. The van der Waals surface area contributed by atoms with E-state index in [1.807, 2.05) is 0 Å². The number of nitro groups is 1. The summed E-state index contributed by atoms with van der Waals surface area (Å²) in [6, 6.07) is 8.47. The van der Waals surface area contributed by atoms with Crippen LogP contribution in [-0.2, 0) is 11.3 Å². The van der Waals surface area contributed by atoms with Crippen LogP contribution in [0.5, 0.6) is 11.5 Å². The predicted molar refractivity (Wildman–Crippen MR) is 110 cm³/mol. The van der Waals surface area contributed by atoms with Gasteiger partial charge in [0.05, 0.1) is 38.6 Å². The van der Waals surface area contributed by atoms with Crippen molar-refractivity contribution >= 4 is 52.1 Å². The van der Waals surface area contributed by atoms with Gasteiger partial charge < -0.3 is 10.1 Å². The second-order valence-electron chi connectivity index (χ2n) is 5.93. The highest BCUT2D eigenvalue weighted by Crippen LogP contribution is 2.34. The third kappa shape index (κ3) is 5.17. The Balaban J connectivity index is 1.83. The maximum Gasteiger partial charge on any atom is 0.275 e. The summed E-state index contributed by atoms with van der Waals surface area (Å²) in [5.74, 6) is -0.0588. The highest BCUT2D eigenvalue weighted by molar-refractivity contribution is 6.35. The van der Waals surface area contributed by atoms with Crippen molar-refractivity contribution in [1.82, 2.24) is 9.78 Å². The van der Waals surface area contributed by atoms with Crippen molar-refractivity contribution in [3.05, 3.63) is 73.5 Å². The molecular weight excluding hydrogens is 443 g/mol. The molecule has 0 radical (unpaired) electrons. The van der Waals surface area contributed by atoms with Crippen molar-refractivity contribution in [1.29, 1.82) is 0 Å². The van der Waals surface area contributed by atoms with Crippen molar-refractivity contribution in [2.75, 3.05) is 5.32 Å². The fourth-order valence-corrected chi connectivity index (χ4v) is 3.01. The van der Waals surface area contributed by atoms with Gasteiger partial charge in [-0.15, -0.1) is 0 Å². The Morgan fingerprint density at radius 1 is 1.21 bits per heavy atom. The first-order valence-electron chi connectivity index (χ1n) is 8.13. The molecule has 0 spiro atoms. The van der Waals surface area contributed by atoms with Crippen LogP contribution in [0.2, 0.25) is 15.1 Å². The molecule has 0 atom stereocenters. The van der Waals surface area contributed by atoms with E-state index < -0.39 is 10.8 Å². The number of ether oxygens (including phenoxy) is 1. The number of aromatic nitrogens is 2. The topological polar surface area (TPSA) is 99.3 Å². The lowest BCUT2D eigenvalue weighted by Crippen LogP contribution is -2.20. The molecule has 1 aromatic heterocycles. The summed E-state index contributed by atoms with van der Waals surface area (Å²) in [5, 5.41) is 18.9.